The second kappa shape index (κ2) is 7.33. The number of pyridine rings is 1. The van der Waals surface area contributed by atoms with Gasteiger partial charge >= 0.3 is 0 Å². The quantitative estimate of drug-likeness (QED) is 0.848. The molecule has 21 heavy (non-hydrogen) atoms. The largest absolute Gasteiger partial charge is 0.364 e. The molecule has 1 amide bonds. The average molecular weight is 285 g/mol. The third-order valence-corrected chi connectivity index (χ3v) is 3.08. The molecule has 6 nitrogen and oxygen atoms in total. The van der Waals surface area contributed by atoms with Gasteiger partial charge in [0.15, 0.2) is 5.69 Å². The molecule has 0 bridgehead atoms. The molecular formula is C15H19N5O. The highest BCUT2D eigenvalue weighted by Crippen LogP contribution is 2.05. The third-order valence-electron chi connectivity index (χ3n) is 3.08. The van der Waals surface area contributed by atoms with E-state index in [4.69, 9.17) is 0 Å². The maximum absolute atomic E-state index is 11.9. The molecule has 2 aromatic rings. The molecule has 0 spiro atoms. The summed E-state index contributed by atoms with van der Waals surface area (Å²) in [5.41, 5.74) is 1.38. The van der Waals surface area contributed by atoms with Crippen LogP contribution in [0.4, 0.5) is 5.82 Å². The van der Waals surface area contributed by atoms with Crippen molar-refractivity contribution in [3.8, 4) is 0 Å². The van der Waals surface area contributed by atoms with E-state index in [9.17, 15) is 4.79 Å². The summed E-state index contributed by atoms with van der Waals surface area (Å²) >= 11 is 0. The van der Waals surface area contributed by atoms with Crippen LogP contribution < -0.4 is 10.6 Å². The van der Waals surface area contributed by atoms with Gasteiger partial charge in [0, 0.05) is 25.0 Å². The number of carbonyl (C=O) groups is 1. The fourth-order valence-electron chi connectivity index (χ4n) is 1.64. The molecule has 0 aliphatic heterocycles. The average Bonchev–Trinajstić information content (AvgIpc) is 2.54. The maximum Gasteiger partial charge on any atom is 0.272 e. The monoisotopic (exact) mass is 285 g/mol. The molecule has 1 atom stereocenters. The lowest BCUT2D eigenvalue weighted by Crippen LogP contribution is -2.32. The lowest BCUT2D eigenvalue weighted by molar-refractivity contribution is 0.0933. The van der Waals surface area contributed by atoms with E-state index >= 15 is 0 Å². The number of hydrogen-bond acceptors (Lipinski definition) is 5. The van der Waals surface area contributed by atoms with E-state index in [-0.39, 0.29) is 11.9 Å². The number of aromatic nitrogens is 3. The molecule has 0 saturated heterocycles. The first-order valence-corrected chi connectivity index (χ1v) is 6.96. The van der Waals surface area contributed by atoms with Gasteiger partial charge in [0.25, 0.3) is 5.91 Å². The third kappa shape index (κ3) is 4.52. The number of rotatable bonds is 6. The topological polar surface area (TPSA) is 79.8 Å². The Balaban J connectivity index is 1.91. The van der Waals surface area contributed by atoms with Gasteiger partial charge < -0.3 is 10.6 Å². The van der Waals surface area contributed by atoms with Gasteiger partial charge in [-0.15, -0.1) is 10.2 Å². The Kier molecular flexibility index (Phi) is 5.20. The Hall–Kier alpha value is -2.50. The lowest BCUT2D eigenvalue weighted by Gasteiger charge is -2.10. The predicted octanol–water partition coefficient (Wildman–Crippen LogP) is 2.01. The summed E-state index contributed by atoms with van der Waals surface area (Å²) in [5.74, 6) is 0.426. The van der Waals surface area contributed by atoms with Gasteiger partial charge in [0.1, 0.15) is 5.82 Å². The van der Waals surface area contributed by atoms with E-state index < -0.39 is 0 Å². The summed E-state index contributed by atoms with van der Waals surface area (Å²) in [6.07, 6.45) is 4.40. The van der Waals surface area contributed by atoms with Crippen LogP contribution in [-0.4, -0.2) is 27.1 Å². The zero-order valence-corrected chi connectivity index (χ0v) is 12.2. The minimum absolute atomic E-state index is 0.127. The predicted molar refractivity (Wildman–Crippen MR) is 80.8 cm³/mol. The first-order valence-electron chi connectivity index (χ1n) is 6.96. The van der Waals surface area contributed by atoms with Gasteiger partial charge in [0.2, 0.25) is 0 Å². The van der Waals surface area contributed by atoms with Crippen LogP contribution in [0, 0.1) is 0 Å². The Morgan fingerprint density at radius 3 is 2.76 bits per heavy atom. The molecule has 2 rings (SSSR count). The second-order valence-electron chi connectivity index (χ2n) is 4.80. The van der Waals surface area contributed by atoms with E-state index in [0.29, 0.717) is 18.1 Å². The Bertz CT molecular complexity index is 570. The highest BCUT2D eigenvalue weighted by molar-refractivity contribution is 5.92. The van der Waals surface area contributed by atoms with Crippen LogP contribution in [0.3, 0.4) is 0 Å². The SMILES string of the molecule is CCC(C)NC(=O)c1ccc(NCc2cccnc2)nn1. The number of hydrogen-bond donors (Lipinski definition) is 2. The molecule has 0 aliphatic rings. The van der Waals surface area contributed by atoms with E-state index in [0.717, 1.165) is 12.0 Å². The summed E-state index contributed by atoms with van der Waals surface area (Å²) < 4.78 is 0. The fourth-order valence-corrected chi connectivity index (χ4v) is 1.64. The summed E-state index contributed by atoms with van der Waals surface area (Å²) in [4.78, 5) is 15.9. The van der Waals surface area contributed by atoms with Crippen molar-refractivity contribution in [1.29, 1.82) is 0 Å². The van der Waals surface area contributed by atoms with Gasteiger partial charge in [-0.1, -0.05) is 13.0 Å². The molecule has 110 valence electrons. The van der Waals surface area contributed by atoms with E-state index in [2.05, 4.69) is 25.8 Å². The van der Waals surface area contributed by atoms with Crippen molar-refractivity contribution >= 4 is 11.7 Å². The normalized spacial score (nSPS) is 11.7. The van der Waals surface area contributed by atoms with Gasteiger partial charge in [-0.2, -0.15) is 0 Å². The van der Waals surface area contributed by atoms with Crippen LogP contribution in [0.1, 0.15) is 36.3 Å². The molecule has 2 aromatic heterocycles. The van der Waals surface area contributed by atoms with Gasteiger partial charge in [-0.3, -0.25) is 9.78 Å². The van der Waals surface area contributed by atoms with E-state index in [1.54, 1.807) is 24.5 Å². The zero-order valence-electron chi connectivity index (χ0n) is 12.2. The van der Waals surface area contributed by atoms with E-state index in [1.807, 2.05) is 26.0 Å². The molecule has 0 aliphatic carbocycles. The van der Waals surface area contributed by atoms with Gasteiger partial charge in [-0.25, -0.2) is 0 Å². The molecule has 0 radical (unpaired) electrons. The fraction of sp³-hybridized carbons (Fsp3) is 0.333. The lowest BCUT2D eigenvalue weighted by atomic mass is 10.2. The highest BCUT2D eigenvalue weighted by atomic mass is 16.2. The van der Waals surface area contributed by atoms with Crippen LogP contribution >= 0.6 is 0 Å². The second-order valence-corrected chi connectivity index (χ2v) is 4.80. The Labute approximate surface area is 124 Å². The minimum Gasteiger partial charge on any atom is -0.364 e. The molecule has 0 saturated carbocycles. The van der Waals surface area contributed by atoms with Crippen molar-refractivity contribution in [3.05, 3.63) is 47.9 Å². The zero-order chi connectivity index (χ0) is 15.1. The van der Waals surface area contributed by atoms with Crippen LogP contribution in [0.15, 0.2) is 36.7 Å². The van der Waals surface area contributed by atoms with Crippen LogP contribution in [0.25, 0.3) is 0 Å². The van der Waals surface area contributed by atoms with Crippen LogP contribution in [-0.2, 0) is 6.54 Å². The summed E-state index contributed by atoms with van der Waals surface area (Å²) in [5, 5.41) is 13.9. The number of nitrogens with one attached hydrogen (secondary N) is 2. The van der Waals surface area contributed by atoms with Crippen molar-refractivity contribution in [1.82, 2.24) is 20.5 Å². The molecule has 0 aromatic carbocycles. The summed E-state index contributed by atoms with van der Waals surface area (Å²) in [6, 6.07) is 7.39. The van der Waals surface area contributed by atoms with Gasteiger partial charge in [0.05, 0.1) is 0 Å². The first kappa shape index (κ1) is 14.9. The van der Waals surface area contributed by atoms with Crippen molar-refractivity contribution in [2.45, 2.75) is 32.9 Å². The molecule has 0 fully saturated rings. The van der Waals surface area contributed by atoms with Gasteiger partial charge in [-0.05, 0) is 37.1 Å². The standard InChI is InChI=1S/C15H19N5O/c1-3-11(2)18-15(21)13-6-7-14(20-19-13)17-10-12-5-4-8-16-9-12/h4-9,11H,3,10H2,1-2H3,(H,17,20)(H,18,21). The molecule has 6 heteroatoms. The summed E-state index contributed by atoms with van der Waals surface area (Å²) in [6.45, 7) is 4.58. The van der Waals surface area contributed by atoms with Crippen LogP contribution in [0.2, 0.25) is 0 Å². The number of anilines is 1. The Morgan fingerprint density at radius 1 is 1.29 bits per heavy atom. The summed E-state index contributed by atoms with van der Waals surface area (Å²) in [7, 11) is 0. The van der Waals surface area contributed by atoms with E-state index in [1.165, 1.54) is 0 Å². The number of amides is 1. The van der Waals surface area contributed by atoms with Crippen molar-refractivity contribution < 1.29 is 4.79 Å². The molecule has 2 N–H and O–H groups in total. The van der Waals surface area contributed by atoms with Crippen LogP contribution in [0.5, 0.6) is 0 Å². The van der Waals surface area contributed by atoms with Crippen molar-refractivity contribution in [2.24, 2.45) is 0 Å². The maximum atomic E-state index is 11.9. The number of nitrogens with zero attached hydrogens (tertiary/aromatic N) is 3. The highest BCUT2D eigenvalue weighted by Gasteiger charge is 2.10. The number of carbonyl (C=O) groups excluding carboxylic acids is 1. The van der Waals surface area contributed by atoms with Crippen molar-refractivity contribution in [2.75, 3.05) is 5.32 Å². The Morgan fingerprint density at radius 2 is 2.14 bits per heavy atom. The molecule has 2 heterocycles. The molecular weight excluding hydrogens is 266 g/mol. The first-order chi connectivity index (χ1) is 10.2. The van der Waals surface area contributed by atoms with Crippen molar-refractivity contribution in [3.63, 3.8) is 0 Å². The smallest absolute Gasteiger partial charge is 0.272 e. The molecule has 1 unspecified atom stereocenters. The minimum atomic E-state index is -0.198.